The predicted molar refractivity (Wildman–Crippen MR) is 51.7 cm³/mol. The largest absolute Gasteiger partial charge is 0.386 e. The Bertz CT molecular complexity index is 309. The molecule has 1 rings (SSSR count). The van der Waals surface area contributed by atoms with Crippen molar-refractivity contribution in [1.29, 1.82) is 0 Å². The Hall–Kier alpha value is -0.580. The van der Waals surface area contributed by atoms with E-state index in [1.54, 1.807) is 26.0 Å². The van der Waals surface area contributed by atoms with E-state index >= 15 is 0 Å². The molecule has 0 aliphatic carbocycles. The Morgan fingerprint density at radius 2 is 2.08 bits per heavy atom. The van der Waals surface area contributed by atoms with Crippen molar-refractivity contribution in [2.24, 2.45) is 5.14 Å². The highest BCUT2D eigenvalue weighted by atomic mass is 32.2. The summed E-state index contributed by atoms with van der Waals surface area (Å²) >= 11 is 0.858. The minimum absolute atomic E-state index is 0.382. The molecular formula is C9H12FNOS. The third-order valence-electron chi connectivity index (χ3n) is 1.77. The third-order valence-corrected chi connectivity index (χ3v) is 2.35. The fourth-order valence-corrected chi connectivity index (χ4v) is 1.30. The van der Waals surface area contributed by atoms with E-state index < -0.39 is 11.4 Å². The molecular weight excluding hydrogens is 189 g/mol. The molecule has 0 aliphatic rings. The number of nitrogens with two attached hydrogens (primary N) is 1. The maximum absolute atomic E-state index is 13.2. The van der Waals surface area contributed by atoms with Crippen molar-refractivity contribution in [3.05, 3.63) is 29.6 Å². The quantitative estimate of drug-likeness (QED) is 0.719. The number of benzene rings is 1. The highest BCUT2D eigenvalue weighted by Crippen LogP contribution is 2.24. The zero-order valence-corrected chi connectivity index (χ0v) is 8.36. The molecule has 0 bridgehead atoms. The molecule has 4 heteroatoms. The van der Waals surface area contributed by atoms with Crippen LogP contribution >= 0.6 is 11.9 Å². The fraction of sp³-hybridized carbons (Fsp3) is 0.333. The summed E-state index contributed by atoms with van der Waals surface area (Å²) in [5.74, 6) is -0.396. The molecule has 0 spiro atoms. The summed E-state index contributed by atoms with van der Waals surface area (Å²) in [5, 5.41) is 14.8. The zero-order valence-electron chi connectivity index (χ0n) is 7.54. The number of rotatable bonds is 2. The van der Waals surface area contributed by atoms with E-state index in [1.165, 1.54) is 6.07 Å². The Morgan fingerprint density at radius 3 is 2.46 bits per heavy atom. The van der Waals surface area contributed by atoms with Crippen LogP contribution in [0.15, 0.2) is 23.1 Å². The van der Waals surface area contributed by atoms with Crippen LogP contribution in [0.3, 0.4) is 0 Å². The molecule has 0 saturated carbocycles. The smallest absolute Gasteiger partial charge is 0.138 e. The molecule has 0 aliphatic heterocycles. The van der Waals surface area contributed by atoms with Crippen LogP contribution in [0, 0.1) is 5.82 Å². The molecule has 1 aromatic carbocycles. The summed E-state index contributed by atoms with van der Waals surface area (Å²) in [7, 11) is 0. The van der Waals surface area contributed by atoms with Crippen LogP contribution in [-0.4, -0.2) is 5.11 Å². The highest BCUT2D eigenvalue weighted by molar-refractivity contribution is 7.97. The lowest BCUT2D eigenvalue weighted by atomic mass is 9.99. The molecule has 0 radical (unpaired) electrons. The first-order valence-corrected chi connectivity index (χ1v) is 4.72. The van der Waals surface area contributed by atoms with Crippen molar-refractivity contribution in [2.75, 3.05) is 0 Å². The van der Waals surface area contributed by atoms with Crippen molar-refractivity contribution in [2.45, 2.75) is 24.3 Å². The Kier molecular flexibility index (Phi) is 2.95. The van der Waals surface area contributed by atoms with Crippen molar-refractivity contribution < 1.29 is 9.50 Å². The fourth-order valence-electron chi connectivity index (χ4n) is 0.977. The summed E-state index contributed by atoms with van der Waals surface area (Å²) in [5.41, 5.74) is -0.471. The van der Waals surface area contributed by atoms with Crippen LogP contribution < -0.4 is 5.14 Å². The second-order valence-electron chi connectivity index (χ2n) is 3.32. The molecule has 0 saturated heterocycles. The summed E-state index contributed by atoms with van der Waals surface area (Å²) in [6, 6.07) is 4.53. The van der Waals surface area contributed by atoms with Crippen LogP contribution in [0.1, 0.15) is 19.4 Å². The number of hydrogen-bond donors (Lipinski definition) is 2. The topological polar surface area (TPSA) is 46.2 Å². The van der Waals surface area contributed by atoms with Gasteiger partial charge in [-0.05, 0) is 43.5 Å². The Morgan fingerprint density at radius 1 is 1.46 bits per heavy atom. The zero-order chi connectivity index (χ0) is 10.1. The van der Waals surface area contributed by atoms with Crippen molar-refractivity contribution in [1.82, 2.24) is 0 Å². The molecule has 0 amide bonds. The van der Waals surface area contributed by atoms with E-state index in [0.717, 1.165) is 11.9 Å². The van der Waals surface area contributed by atoms with Crippen molar-refractivity contribution >= 4 is 11.9 Å². The highest BCUT2D eigenvalue weighted by Gasteiger charge is 2.17. The van der Waals surface area contributed by atoms with Gasteiger partial charge in [-0.15, -0.1) is 0 Å². The minimum atomic E-state index is -1.02. The first-order valence-electron chi connectivity index (χ1n) is 3.84. The van der Waals surface area contributed by atoms with Crippen LogP contribution in [0.2, 0.25) is 0 Å². The minimum Gasteiger partial charge on any atom is -0.386 e. The maximum atomic E-state index is 13.2. The van der Waals surface area contributed by atoms with Gasteiger partial charge in [0, 0.05) is 0 Å². The van der Waals surface area contributed by atoms with Gasteiger partial charge < -0.3 is 5.11 Å². The van der Waals surface area contributed by atoms with E-state index in [0.29, 0.717) is 10.5 Å². The maximum Gasteiger partial charge on any atom is 0.138 e. The lowest BCUT2D eigenvalue weighted by Gasteiger charge is -2.17. The lowest BCUT2D eigenvalue weighted by Crippen LogP contribution is -2.15. The monoisotopic (exact) mass is 201 g/mol. The average Bonchev–Trinajstić information content (AvgIpc) is 2.02. The summed E-state index contributed by atoms with van der Waals surface area (Å²) < 4.78 is 13.2. The molecule has 0 unspecified atom stereocenters. The SMILES string of the molecule is CC(C)(O)c1ccc(SN)c(F)c1. The van der Waals surface area contributed by atoms with E-state index in [4.69, 9.17) is 5.14 Å². The molecule has 13 heavy (non-hydrogen) atoms. The van der Waals surface area contributed by atoms with Gasteiger partial charge in [-0.2, -0.15) is 0 Å². The van der Waals surface area contributed by atoms with Gasteiger partial charge in [0.15, 0.2) is 0 Å². The summed E-state index contributed by atoms with van der Waals surface area (Å²) in [4.78, 5) is 0.382. The molecule has 0 heterocycles. The van der Waals surface area contributed by atoms with Gasteiger partial charge in [0.1, 0.15) is 5.82 Å². The number of halogens is 1. The average molecular weight is 201 g/mol. The van der Waals surface area contributed by atoms with Crippen LogP contribution in [-0.2, 0) is 5.60 Å². The summed E-state index contributed by atoms with van der Waals surface area (Å²) in [6.07, 6.45) is 0. The van der Waals surface area contributed by atoms with Gasteiger partial charge in [-0.3, -0.25) is 5.14 Å². The van der Waals surface area contributed by atoms with E-state index in [9.17, 15) is 9.50 Å². The molecule has 2 nitrogen and oxygen atoms in total. The van der Waals surface area contributed by atoms with Gasteiger partial charge in [0.25, 0.3) is 0 Å². The molecule has 1 aromatic rings. The number of hydrogen-bond acceptors (Lipinski definition) is 3. The first kappa shape index (κ1) is 10.5. The standard InChI is InChI=1S/C9H12FNOS/c1-9(2,12)6-3-4-8(13-11)7(10)5-6/h3-5,12H,11H2,1-2H3. The van der Waals surface area contributed by atoms with Gasteiger partial charge >= 0.3 is 0 Å². The van der Waals surface area contributed by atoms with E-state index in [-0.39, 0.29) is 0 Å². The van der Waals surface area contributed by atoms with Crippen LogP contribution in [0.5, 0.6) is 0 Å². The second kappa shape index (κ2) is 3.65. The van der Waals surface area contributed by atoms with Gasteiger partial charge in [0.05, 0.1) is 10.5 Å². The van der Waals surface area contributed by atoms with Crippen molar-refractivity contribution in [3.63, 3.8) is 0 Å². The normalized spacial score (nSPS) is 11.8. The van der Waals surface area contributed by atoms with E-state index in [2.05, 4.69) is 0 Å². The lowest BCUT2D eigenvalue weighted by molar-refractivity contribution is 0.0781. The van der Waals surface area contributed by atoms with Crippen LogP contribution in [0.25, 0.3) is 0 Å². The Balaban J connectivity index is 3.10. The van der Waals surface area contributed by atoms with Gasteiger partial charge in [-0.1, -0.05) is 6.07 Å². The van der Waals surface area contributed by atoms with Crippen LogP contribution in [0.4, 0.5) is 4.39 Å². The molecule has 0 aromatic heterocycles. The molecule has 3 N–H and O–H groups in total. The summed E-state index contributed by atoms with van der Waals surface area (Å²) in [6.45, 7) is 3.22. The van der Waals surface area contributed by atoms with Gasteiger partial charge in [0.2, 0.25) is 0 Å². The van der Waals surface area contributed by atoms with Gasteiger partial charge in [-0.25, -0.2) is 4.39 Å². The first-order chi connectivity index (χ1) is 5.95. The second-order valence-corrected chi connectivity index (χ2v) is 4.00. The van der Waals surface area contributed by atoms with E-state index in [1.807, 2.05) is 0 Å². The van der Waals surface area contributed by atoms with Crippen molar-refractivity contribution in [3.8, 4) is 0 Å². The Labute approximate surface area is 81.1 Å². The molecule has 0 fully saturated rings. The molecule has 72 valence electrons. The number of aliphatic hydroxyl groups is 1. The molecule has 0 atom stereocenters. The third kappa shape index (κ3) is 2.43. The predicted octanol–water partition coefficient (Wildman–Crippen LogP) is 2.02.